The molecule has 1 spiro atoms. The first-order valence-corrected chi connectivity index (χ1v) is 11.0. The molecule has 2 aromatic rings. The Kier molecular flexibility index (Phi) is 5.92. The van der Waals surface area contributed by atoms with Crippen molar-refractivity contribution >= 4 is 29.3 Å². The molecule has 2 heterocycles. The number of carbonyl (C=O) groups excluding carboxylic acids is 2. The molecule has 6 heteroatoms. The van der Waals surface area contributed by atoms with Gasteiger partial charge in [-0.05, 0) is 37.5 Å². The van der Waals surface area contributed by atoms with E-state index in [2.05, 4.69) is 0 Å². The number of nitrogens with zero attached hydrogens (tertiary/aromatic N) is 2. The van der Waals surface area contributed by atoms with Crippen molar-refractivity contribution in [3.05, 3.63) is 65.7 Å². The monoisotopic (exact) mass is 410 g/mol. The number of carbonyl (C=O) groups is 2. The maximum atomic E-state index is 12.6. The zero-order valence-corrected chi connectivity index (χ0v) is 17.5. The second-order valence-corrected chi connectivity index (χ2v) is 9.00. The lowest BCUT2D eigenvalue weighted by Gasteiger charge is -2.44. The van der Waals surface area contributed by atoms with Crippen LogP contribution >= 0.6 is 11.8 Å². The summed E-state index contributed by atoms with van der Waals surface area (Å²) in [4.78, 5) is 28.8. The fourth-order valence-electron chi connectivity index (χ4n) is 4.02. The minimum absolute atomic E-state index is 0.0204. The largest absolute Gasteiger partial charge is 0.367 e. The summed E-state index contributed by atoms with van der Waals surface area (Å²) in [6, 6.07) is 18.0. The highest BCUT2D eigenvalue weighted by atomic mass is 32.2. The van der Waals surface area contributed by atoms with Crippen LogP contribution < -0.4 is 4.90 Å². The second-order valence-electron chi connectivity index (χ2n) is 7.66. The lowest BCUT2D eigenvalue weighted by molar-refractivity contribution is -0.137. The fraction of sp³-hybridized carbons (Fsp3) is 0.391. The molecule has 0 bridgehead atoms. The first kappa shape index (κ1) is 20.0. The SMILES string of the molecule is Cc1ccc(N2C(=O)CSC23CCN(C(=O)COCc2ccccc2)CC3)cc1. The maximum Gasteiger partial charge on any atom is 0.248 e. The molecule has 0 unspecified atom stereocenters. The van der Waals surface area contributed by atoms with E-state index in [4.69, 9.17) is 4.74 Å². The molecule has 0 aromatic heterocycles. The van der Waals surface area contributed by atoms with E-state index in [1.807, 2.05) is 71.3 Å². The van der Waals surface area contributed by atoms with Crippen molar-refractivity contribution in [3.63, 3.8) is 0 Å². The molecular formula is C23H26N2O3S. The van der Waals surface area contributed by atoms with Gasteiger partial charge in [-0.25, -0.2) is 0 Å². The summed E-state index contributed by atoms with van der Waals surface area (Å²) in [5.74, 6) is 0.680. The van der Waals surface area contributed by atoms with Gasteiger partial charge in [0.05, 0.1) is 17.2 Å². The Morgan fingerprint density at radius 3 is 2.45 bits per heavy atom. The van der Waals surface area contributed by atoms with Gasteiger partial charge in [-0.15, -0.1) is 11.8 Å². The van der Waals surface area contributed by atoms with Gasteiger partial charge >= 0.3 is 0 Å². The highest BCUT2D eigenvalue weighted by molar-refractivity contribution is 8.02. The molecule has 152 valence electrons. The van der Waals surface area contributed by atoms with E-state index in [-0.39, 0.29) is 23.3 Å². The smallest absolute Gasteiger partial charge is 0.248 e. The van der Waals surface area contributed by atoms with Crippen molar-refractivity contribution in [2.75, 3.05) is 30.3 Å². The average molecular weight is 411 g/mol. The van der Waals surface area contributed by atoms with Crippen molar-refractivity contribution in [2.24, 2.45) is 0 Å². The number of amides is 2. The van der Waals surface area contributed by atoms with Crippen LogP contribution in [0.1, 0.15) is 24.0 Å². The van der Waals surface area contributed by atoms with E-state index in [0.29, 0.717) is 25.4 Å². The van der Waals surface area contributed by atoms with E-state index in [1.165, 1.54) is 5.56 Å². The molecule has 0 radical (unpaired) electrons. The molecule has 2 aromatic carbocycles. The van der Waals surface area contributed by atoms with Crippen LogP contribution in [0.4, 0.5) is 5.69 Å². The first-order valence-electron chi connectivity index (χ1n) is 10.0. The van der Waals surface area contributed by atoms with E-state index in [0.717, 1.165) is 24.1 Å². The van der Waals surface area contributed by atoms with Gasteiger partial charge in [0.15, 0.2) is 0 Å². The molecule has 2 saturated heterocycles. The lowest BCUT2D eigenvalue weighted by Crippen LogP contribution is -2.53. The quantitative estimate of drug-likeness (QED) is 0.756. The summed E-state index contributed by atoms with van der Waals surface area (Å²) in [6.45, 7) is 3.88. The van der Waals surface area contributed by atoms with Gasteiger partial charge in [-0.2, -0.15) is 0 Å². The van der Waals surface area contributed by atoms with E-state index < -0.39 is 0 Å². The number of anilines is 1. The predicted octanol–water partition coefficient (Wildman–Crippen LogP) is 3.61. The molecule has 0 N–H and O–H groups in total. The summed E-state index contributed by atoms with van der Waals surface area (Å²) in [5.41, 5.74) is 3.20. The third-order valence-corrected chi connectivity index (χ3v) is 7.17. The number of hydrogen-bond acceptors (Lipinski definition) is 4. The van der Waals surface area contributed by atoms with E-state index in [9.17, 15) is 9.59 Å². The topological polar surface area (TPSA) is 49.9 Å². The van der Waals surface area contributed by atoms with Crippen molar-refractivity contribution in [1.29, 1.82) is 0 Å². The van der Waals surface area contributed by atoms with Crippen molar-refractivity contribution in [3.8, 4) is 0 Å². The third-order valence-electron chi connectivity index (χ3n) is 5.65. The molecule has 0 saturated carbocycles. The lowest BCUT2D eigenvalue weighted by atomic mass is 10.0. The minimum Gasteiger partial charge on any atom is -0.367 e. The van der Waals surface area contributed by atoms with Crippen LogP contribution in [0.25, 0.3) is 0 Å². The minimum atomic E-state index is -0.242. The Morgan fingerprint density at radius 1 is 1.07 bits per heavy atom. The summed E-state index contributed by atoms with van der Waals surface area (Å²) in [7, 11) is 0. The number of aryl methyl sites for hydroxylation is 1. The highest BCUT2D eigenvalue weighted by Gasteiger charge is 2.49. The normalized spacial score (nSPS) is 18.4. The molecule has 2 fully saturated rings. The highest BCUT2D eigenvalue weighted by Crippen LogP contribution is 2.46. The Bertz CT molecular complexity index is 861. The molecule has 4 rings (SSSR count). The first-order chi connectivity index (χ1) is 14.1. The van der Waals surface area contributed by atoms with Crippen LogP contribution in [-0.2, 0) is 20.9 Å². The summed E-state index contributed by atoms with van der Waals surface area (Å²) in [5, 5.41) is 0. The molecule has 2 aliphatic rings. The zero-order valence-electron chi connectivity index (χ0n) is 16.7. The molecule has 29 heavy (non-hydrogen) atoms. The van der Waals surface area contributed by atoms with E-state index >= 15 is 0 Å². The van der Waals surface area contributed by atoms with Gasteiger partial charge in [0.2, 0.25) is 11.8 Å². The molecule has 0 atom stereocenters. The third kappa shape index (κ3) is 4.33. The zero-order chi connectivity index (χ0) is 20.3. The number of thioether (sulfide) groups is 1. The maximum absolute atomic E-state index is 12.6. The number of hydrogen-bond donors (Lipinski definition) is 0. The summed E-state index contributed by atoms with van der Waals surface area (Å²) >= 11 is 1.72. The van der Waals surface area contributed by atoms with Gasteiger partial charge in [0, 0.05) is 18.8 Å². The van der Waals surface area contributed by atoms with Crippen molar-refractivity contribution in [2.45, 2.75) is 31.2 Å². The summed E-state index contributed by atoms with van der Waals surface area (Å²) < 4.78 is 5.61. The van der Waals surface area contributed by atoms with Crippen LogP contribution in [0.15, 0.2) is 54.6 Å². The van der Waals surface area contributed by atoms with Crippen molar-refractivity contribution < 1.29 is 14.3 Å². The van der Waals surface area contributed by atoms with Gasteiger partial charge in [-0.1, -0.05) is 48.0 Å². The van der Waals surface area contributed by atoms with Gasteiger partial charge in [0.1, 0.15) is 6.61 Å². The Hall–Kier alpha value is -2.31. The number of piperidine rings is 1. The standard InChI is InChI=1S/C23H26N2O3S/c1-18-7-9-20(10-8-18)25-22(27)17-29-23(25)11-13-24(14-12-23)21(26)16-28-15-19-5-3-2-4-6-19/h2-10H,11-17H2,1H3. The predicted molar refractivity (Wildman–Crippen MR) is 116 cm³/mol. The van der Waals surface area contributed by atoms with Crippen molar-refractivity contribution in [1.82, 2.24) is 4.90 Å². The average Bonchev–Trinajstić information content (AvgIpc) is 3.05. The Labute approximate surface area is 176 Å². The number of likely N-dealkylation sites (tertiary alicyclic amines) is 1. The second kappa shape index (κ2) is 8.59. The van der Waals surface area contributed by atoms with Crippen LogP contribution in [0.5, 0.6) is 0 Å². The van der Waals surface area contributed by atoms with Gasteiger partial charge in [0.25, 0.3) is 0 Å². The van der Waals surface area contributed by atoms with Crippen LogP contribution in [-0.4, -0.2) is 47.0 Å². The molecule has 0 aliphatic carbocycles. The van der Waals surface area contributed by atoms with Gasteiger partial charge in [-0.3, -0.25) is 14.5 Å². The number of ether oxygens (including phenoxy) is 1. The summed E-state index contributed by atoms with van der Waals surface area (Å²) in [6.07, 6.45) is 1.56. The van der Waals surface area contributed by atoms with Crippen LogP contribution in [0.3, 0.4) is 0 Å². The number of benzene rings is 2. The van der Waals surface area contributed by atoms with Crippen LogP contribution in [0.2, 0.25) is 0 Å². The molecule has 5 nitrogen and oxygen atoms in total. The molecule has 2 amide bonds. The Balaban J connectivity index is 1.34. The fourth-order valence-corrected chi connectivity index (χ4v) is 5.35. The molecular weight excluding hydrogens is 384 g/mol. The van der Waals surface area contributed by atoms with E-state index in [1.54, 1.807) is 11.8 Å². The van der Waals surface area contributed by atoms with Crippen LogP contribution in [0, 0.1) is 6.92 Å². The Morgan fingerprint density at radius 2 is 1.76 bits per heavy atom. The molecule has 2 aliphatic heterocycles. The number of rotatable bonds is 5. The van der Waals surface area contributed by atoms with Gasteiger partial charge < -0.3 is 9.64 Å².